The monoisotopic (exact) mass is 290 g/mol. The van der Waals surface area contributed by atoms with E-state index in [1.54, 1.807) is 0 Å². The van der Waals surface area contributed by atoms with Gasteiger partial charge in [-0.15, -0.1) is 0 Å². The van der Waals surface area contributed by atoms with Gasteiger partial charge in [0.1, 0.15) is 5.75 Å². The summed E-state index contributed by atoms with van der Waals surface area (Å²) >= 11 is 0. The fraction of sp³-hybridized carbons (Fsp3) is 0.684. The number of hydrogen-bond donors (Lipinski definition) is 0. The maximum absolute atomic E-state index is 5.81. The van der Waals surface area contributed by atoms with Crippen LogP contribution in [0.3, 0.4) is 0 Å². The summed E-state index contributed by atoms with van der Waals surface area (Å²) in [5.41, 5.74) is 1.40. The molecule has 118 valence electrons. The van der Waals surface area contributed by atoms with Gasteiger partial charge in [0.25, 0.3) is 0 Å². The number of hydrogen-bond acceptors (Lipinski definition) is 2. The predicted octanol–water partition coefficient (Wildman–Crippen LogP) is 5.17. The Hall–Kier alpha value is -1.02. The topological polar surface area (TPSA) is 18.5 Å². The van der Waals surface area contributed by atoms with Crippen LogP contribution in [0.5, 0.6) is 5.75 Å². The predicted molar refractivity (Wildman–Crippen MR) is 88.0 cm³/mol. The summed E-state index contributed by atoms with van der Waals surface area (Å²) in [5.74, 6) is 2.37. The number of benzene rings is 1. The van der Waals surface area contributed by atoms with E-state index in [1.165, 1.54) is 44.1 Å². The first kappa shape index (κ1) is 16.4. The van der Waals surface area contributed by atoms with Gasteiger partial charge in [0, 0.05) is 13.0 Å². The molecular weight excluding hydrogens is 260 g/mol. The van der Waals surface area contributed by atoms with E-state index < -0.39 is 0 Å². The van der Waals surface area contributed by atoms with Gasteiger partial charge >= 0.3 is 0 Å². The van der Waals surface area contributed by atoms with Gasteiger partial charge in [-0.1, -0.05) is 38.3 Å². The van der Waals surface area contributed by atoms with E-state index in [1.807, 2.05) is 14.0 Å². The average Bonchev–Trinajstić information content (AvgIpc) is 2.54. The molecule has 1 aromatic carbocycles. The minimum atomic E-state index is 0.374. The van der Waals surface area contributed by atoms with Crippen molar-refractivity contribution in [2.75, 3.05) is 13.7 Å². The van der Waals surface area contributed by atoms with Crippen molar-refractivity contribution < 1.29 is 9.47 Å². The SMILES string of the molecule is CCCCC1CCC(c2ccc(OCC)cc2)C(OC)C1. The van der Waals surface area contributed by atoms with Crippen molar-refractivity contribution in [2.24, 2.45) is 5.92 Å². The first-order chi connectivity index (χ1) is 10.3. The van der Waals surface area contributed by atoms with Crippen molar-refractivity contribution in [1.29, 1.82) is 0 Å². The van der Waals surface area contributed by atoms with Gasteiger partial charge in [-0.2, -0.15) is 0 Å². The normalized spacial score (nSPS) is 25.8. The summed E-state index contributed by atoms with van der Waals surface area (Å²) in [6, 6.07) is 8.62. The molecule has 0 N–H and O–H groups in total. The van der Waals surface area contributed by atoms with Gasteiger partial charge in [0.2, 0.25) is 0 Å². The van der Waals surface area contributed by atoms with Crippen LogP contribution in [0.2, 0.25) is 0 Å². The van der Waals surface area contributed by atoms with Gasteiger partial charge in [-0.05, 0) is 49.8 Å². The molecule has 1 fully saturated rings. The number of rotatable bonds is 7. The smallest absolute Gasteiger partial charge is 0.119 e. The van der Waals surface area contributed by atoms with Gasteiger partial charge in [-0.3, -0.25) is 0 Å². The van der Waals surface area contributed by atoms with E-state index in [-0.39, 0.29) is 0 Å². The Balaban J connectivity index is 1.98. The number of ether oxygens (including phenoxy) is 2. The van der Waals surface area contributed by atoms with Crippen molar-refractivity contribution in [1.82, 2.24) is 0 Å². The van der Waals surface area contributed by atoms with E-state index in [0.29, 0.717) is 12.0 Å². The molecule has 21 heavy (non-hydrogen) atoms. The summed E-state index contributed by atoms with van der Waals surface area (Å²) in [7, 11) is 1.87. The molecule has 0 bridgehead atoms. The van der Waals surface area contributed by atoms with E-state index in [9.17, 15) is 0 Å². The standard InChI is InChI=1S/C19H30O2/c1-4-6-7-15-8-13-18(19(14-15)20-3)16-9-11-17(12-10-16)21-5-2/h9-12,15,18-19H,4-8,13-14H2,1-3H3. The minimum absolute atomic E-state index is 0.374. The van der Waals surface area contributed by atoms with Crippen molar-refractivity contribution in [3.63, 3.8) is 0 Å². The number of unbranched alkanes of at least 4 members (excludes halogenated alkanes) is 1. The molecule has 1 aliphatic rings. The van der Waals surface area contributed by atoms with E-state index in [4.69, 9.17) is 9.47 Å². The lowest BCUT2D eigenvalue weighted by molar-refractivity contribution is 0.0305. The van der Waals surface area contributed by atoms with Crippen molar-refractivity contribution in [2.45, 2.75) is 64.4 Å². The highest BCUT2D eigenvalue weighted by molar-refractivity contribution is 5.30. The fourth-order valence-corrected chi connectivity index (χ4v) is 3.59. The molecule has 0 saturated heterocycles. The van der Waals surface area contributed by atoms with Crippen LogP contribution >= 0.6 is 0 Å². The van der Waals surface area contributed by atoms with Crippen LogP contribution in [0.25, 0.3) is 0 Å². The van der Waals surface area contributed by atoms with Crippen LogP contribution in [0.1, 0.15) is 63.9 Å². The molecule has 1 saturated carbocycles. The molecule has 2 heteroatoms. The Labute approximate surface area is 129 Å². The van der Waals surface area contributed by atoms with Crippen molar-refractivity contribution in [3.05, 3.63) is 29.8 Å². The van der Waals surface area contributed by atoms with Gasteiger partial charge in [0.15, 0.2) is 0 Å². The van der Waals surface area contributed by atoms with Crippen LogP contribution in [-0.4, -0.2) is 19.8 Å². The second-order valence-corrected chi connectivity index (χ2v) is 6.20. The fourth-order valence-electron chi connectivity index (χ4n) is 3.59. The lowest BCUT2D eigenvalue weighted by Crippen LogP contribution is -2.29. The average molecular weight is 290 g/mol. The first-order valence-corrected chi connectivity index (χ1v) is 8.54. The molecular formula is C19H30O2. The maximum atomic E-state index is 5.81. The molecule has 0 aliphatic heterocycles. The van der Waals surface area contributed by atoms with Crippen LogP contribution in [-0.2, 0) is 4.74 Å². The Morgan fingerprint density at radius 2 is 1.86 bits per heavy atom. The molecule has 3 unspecified atom stereocenters. The molecule has 1 aromatic rings. The summed E-state index contributed by atoms with van der Waals surface area (Å²) in [4.78, 5) is 0. The highest BCUT2D eigenvalue weighted by Gasteiger charge is 2.31. The molecule has 2 rings (SSSR count). The van der Waals surface area contributed by atoms with Crippen molar-refractivity contribution >= 4 is 0 Å². The van der Waals surface area contributed by atoms with Gasteiger partial charge in [0.05, 0.1) is 12.7 Å². The maximum Gasteiger partial charge on any atom is 0.119 e. The lowest BCUT2D eigenvalue weighted by Gasteiger charge is -2.35. The second kappa shape index (κ2) is 8.43. The van der Waals surface area contributed by atoms with E-state index in [0.717, 1.165) is 18.3 Å². The van der Waals surface area contributed by atoms with Crippen LogP contribution in [0.15, 0.2) is 24.3 Å². The van der Waals surface area contributed by atoms with Crippen LogP contribution in [0.4, 0.5) is 0 Å². The molecule has 0 amide bonds. The largest absolute Gasteiger partial charge is 0.494 e. The Morgan fingerprint density at radius 1 is 1.10 bits per heavy atom. The summed E-state index contributed by atoms with van der Waals surface area (Å²) in [5, 5.41) is 0. The quantitative estimate of drug-likeness (QED) is 0.689. The second-order valence-electron chi connectivity index (χ2n) is 6.20. The molecule has 0 radical (unpaired) electrons. The summed E-state index contributed by atoms with van der Waals surface area (Å²) in [6.45, 7) is 5.02. The summed E-state index contributed by atoms with van der Waals surface area (Å²) < 4.78 is 11.3. The molecule has 2 nitrogen and oxygen atoms in total. The summed E-state index contributed by atoms with van der Waals surface area (Å²) in [6.07, 6.45) is 8.21. The Bertz CT molecular complexity index is 399. The first-order valence-electron chi connectivity index (χ1n) is 8.54. The third kappa shape index (κ3) is 4.47. The zero-order valence-electron chi connectivity index (χ0n) is 13.8. The molecule has 0 aromatic heterocycles. The minimum Gasteiger partial charge on any atom is -0.494 e. The van der Waals surface area contributed by atoms with E-state index in [2.05, 4.69) is 31.2 Å². The van der Waals surface area contributed by atoms with E-state index >= 15 is 0 Å². The highest BCUT2D eigenvalue weighted by atomic mass is 16.5. The molecule has 0 spiro atoms. The third-order valence-corrected chi connectivity index (χ3v) is 4.79. The zero-order chi connectivity index (χ0) is 15.1. The van der Waals surface area contributed by atoms with Gasteiger partial charge in [-0.25, -0.2) is 0 Å². The third-order valence-electron chi connectivity index (χ3n) is 4.79. The van der Waals surface area contributed by atoms with Gasteiger partial charge < -0.3 is 9.47 Å². The Kier molecular flexibility index (Phi) is 6.56. The van der Waals surface area contributed by atoms with Crippen LogP contribution in [0, 0.1) is 5.92 Å². The van der Waals surface area contributed by atoms with Crippen LogP contribution < -0.4 is 4.74 Å². The lowest BCUT2D eigenvalue weighted by atomic mass is 9.75. The molecule has 1 aliphatic carbocycles. The molecule has 3 atom stereocenters. The van der Waals surface area contributed by atoms with Crippen molar-refractivity contribution in [3.8, 4) is 5.75 Å². The Morgan fingerprint density at radius 3 is 2.48 bits per heavy atom. The zero-order valence-corrected chi connectivity index (χ0v) is 13.8. The highest BCUT2D eigenvalue weighted by Crippen LogP contribution is 2.39. The number of methoxy groups -OCH3 is 1. The molecule has 0 heterocycles.